The maximum atomic E-state index is 9.93. The summed E-state index contributed by atoms with van der Waals surface area (Å²) in [5.41, 5.74) is 5.63. The first-order valence-corrected chi connectivity index (χ1v) is 11.1. The Kier molecular flexibility index (Phi) is 17.2. The molecule has 0 aromatic heterocycles. The van der Waals surface area contributed by atoms with E-state index >= 15 is 0 Å². The van der Waals surface area contributed by atoms with Crippen LogP contribution < -0.4 is 5.73 Å². The van der Waals surface area contributed by atoms with Gasteiger partial charge in [-0.15, -0.1) is 0 Å². The van der Waals surface area contributed by atoms with Crippen molar-refractivity contribution in [1.82, 2.24) is 0 Å². The summed E-state index contributed by atoms with van der Waals surface area (Å²) in [6.45, 7) is -2.30. The summed E-state index contributed by atoms with van der Waals surface area (Å²) in [7, 11) is -9.01. The molecule has 10 N–H and O–H groups in total. The Morgan fingerprint density at radius 1 is 0.815 bits per heavy atom. The lowest BCUT2D eigenvalue weighted by molar-refractivity contribution is 0.0418. The molecule has 1 aliphatic rings. The Balaban J connectivity index is 0. The van der Waals surface area contributed by atoms with E-state index in [1.54, 1.807) is 0 Å². The summed E-state index contributed by atoms with van der Waals surface area (Å²) in [5.74, 6) is 0. The second-order valence-electron chi connectivity index (χ2n) is 5.64. The van der Waals surface area contributed by atoms with E-state index in [2.05, 4.69) is 9.05 Å². The number of hydrogen-bond acceptors (Lipinski definition) is 9. The van der Waals surface area contributed by atoms with Crippen LogP contribution in [0.5, 0.6) is 0 Å². The highest BCUT2D eigenvalue weighted by molar-refractivity contribution is 7.46. The van der Waals surface area contributed by atoms with Crippen LogP contribution in [-0.4, -0.2) is 84.7 Å². The molecule has 2 unspecified atom stereocenters. The summed E-state index contributed by atoms with van der Waals surface area (Å²) in [6, 6.07) is 0.536. The molecule has 1 saturated carbocycles. The van der Waals surface area contributed by atoms with Crippen molar-refractivity contribution in [2.75, 3.05) is 26.4 Å². The van der Waals surface area contributed by atoms with Crippen LogP contribution in [0.15, 0.2) is 0 Å². The van der Waals surface area contributed by atoms with Crippen molar-refractivity contribution < 1.29 is 58.2 Å². The molecule has 13 nitrogen and oxygen atoms in total. The quantitative estimate of drug-likeness (QED) is 0.188. The Morgan fingerprint density at radius 3 is 1.33 bits per heavy atom. The van der Waals surface area contributed by atoms with Gasteiger partial charge >= 0.3 is 15.6 Å². The molecule has 0 spiro atoms. The largest absolute Gasteiger partial charge is 0.469 e. The van der Waals surface area contributed by atoms with Crippen molar-refractivity contribution in [3.05, 3.63) is 0 Å². The van der Waals surface area contributed by atoms with Crippen molar-refractivity contribution in [2.45, 2.75) is 50.4 Å². The first-order valence-electron chi connectivity index (χ1n) is 8.04. The highest BCUT2D eigenvalue weighted by Crippen LogP contribution is 2.36. The lowest BCUT2D eigenvalue weighted by Crippen LogP contribution is -2.22. The first-order chi connectivity index (χ1) is 12.3. The second-order valence-corrected chi connectivity index (χ2v) is 8.12. The molecule has 0 amide bonds. The van der Waals surface area contributed by atoms with Gasteiger partial charge in [0.25, 0.3) is 0 Å². The van der Waals surface area contributed by atoms with Crippen molar-refractivity contribution in [3.63, 3.8) is 0 Å². The van der Waals surface area contributed by atoms with Crippen LogP contribution >= 0.6 is 15.6 Å². The van der Waals surface area contributed by atoms with Crippen LogP contribution in [0.4, 0.5) is 0 Å². The number of aliphatic hydroxyl groups excluding tert-OH is 4. The second kappa shape index (κ2) is 15.9. The third-order valence-electron chi connectivity index (χ3n) is 2.94. The van der Waals surface area contributed by atoms with Crippen LogP contribution in [0.2, 0.25) is 0 Å². The molecule has 2 atom stereocenters. The summed E-state index contributed by atoms with van der Waals surface area (Å²) in [5, 5.41) is 33.3. The average Bonchev–Trinajstić information content (AvgIpc) is 2.58. The van der Waals surface area contributed by atoms with E-state index in [0.717, 1.165) is 0 Å². The zero-order chi connectivity index (χ0) is 21.5. The predicted molar refractivity (Wildman–Crippen MR) is 93.2 cm³/mol. The van der Waals surface area contributed by atoms with Crippen molar-refractivity contribution in [2.24, 2.45) is 5.73 Å². The fourth-order valence-electron chi connectivity index (χ4n) is 1.61. The van der Waals surface area contributed by atoms with E-state index in [1.807, 2.05) is 0 Å². The van der Waals surface area contributed by atoms with Gasteiger partial charge in [-0.2, -0.15) is 0 Å². The first kappa shape index (κ1) is 29.2. The van der Waals surface area contributed by atoms with Crippen LogP contribution in [-0.2, 0) is 18.2 Å². The Morgan fingerprint density at radius 2 is 1.15 bits per heavy atom. The van der Waals surface area contributed by atoms with Crippen molar-refractivity contribution >= 4 is 15.6 Å². The molecular formula is C12H31NO12P2. The van der Waals surface area contributed by atoms with Gasteiger partial charge in [-0.25, -0.2) is 9.13 Å². The summed E-state index contributed by atoms with van der Waals surface area (Å²) >= 11 is 0. The number of phosphoric ester groups is 2. The highest BCUT2D eigenvalue weighted by atomic mass is 31.2. The Labute approximate surface area is 157 Å². The predicted octanol–water partition coefficient (Wildman–Crippen LogP) is -1.82. The van der Waals surface area contributed by atoms with Crippen LogP contribution in [0.1, 0.15) is 32.1 Å². The van der Waals surface area contributed by atoms with E-state index in [1.165, 1.54) is 32.1 Å². The van der Waals surface area contributed by atoms with E-state index in [4.69, 9.17) is 45.7 Å². The van der Waals surface area contributed by atoms with Gasteiger partial charge in [-0.1, -0.05) is 19.3 Å². The zero-order valence-corrected chi connectivity index (χ0v) is 16.6. The normalized spacial score (nSPS) is 17.8. The van der Waals surface area contributed by atoms with Gasteiger partial charge in [-0.3, -0.25) is 9.05 Å². The minimum atomic E-state index is -4.50. The minimum Gasteiger partial charge on any atom is -0.394 e. The van der Waals surface area contributed by atoms with E-state index in [-0.39, 0.29) is 0 Å². The smallest absolute Gasteiger partial charge is 0.394 e. The van der Waals surface area contributed by atoms with Crippen LogP contribution in [0.25, 0.3) is 0 Å². The Hall–Kier alpha value is 0.0200. The molecule has 0 heterocycles. The molecule has 0 aliphatic heterocycles. The third kappa shape index (κ3) is 26.0. The minimum absolute atomic E-state index is 0.536. The molecule has 166 valence electrons. The standard InChI is InChI=1S/C6H13N.2C3H9O6P/c7-6-4-2-1-3-5-6;2*4-1-3(5)2-9-10(6,7)8/h6H,1-5,7H2;2*3-5H,1-2H2,(H2,6,7,8). The van der Waals surface area contributed by atoms with Gasteiger partial charge in [-0.05, 0) is 12.8 Å². The Bertz CT molecular complexity index is 404. The van der Waals surface area contributed by atoms with Crippen molar-refractivity contribution in [1.29, 1.82) is 0 Å². The maximum absolute atomic E-state index is 9.93. The van der Waals surface area contributed by atoms with Crippen LogP contribution in [0, 0.1) is 0 Å². The van der Waals surface area contributed by atoms with Gasteiger partial charge < -0.3 is 45.7 Å². The number of aliphatic hydroxyl groups is 4. The number of rotatable bonds is 8. The fraction of sp³-hybridized carbons (Fsp3) is 1.00. The van der Waals surface area contributed by atoms with E-state index in [9.17, 15) is 9.13 Å². The monoisotopic (exact) mass is 443 g/mol. The van der Waals surface area contributed by atoms with Gasteiger partial charge in [0, 0.05) is 6.04 Å². The molecule has 0 radical (unpaired) electrons. The van der Waals surface area contributed by atoms with Gasteiger partial charge in [0.05, 0.1) is 26.4 Å². The summed E-state index contributed by atoms with van der Waals surface area (Å²) in [6.07, 6.45) is 4.18. The third-order valence-corrected chi connectivity index (χ3v) is 3.91. The lowest BCUT2D eigenvalue weighted by atomic mass is 9.97. The molecule has 0 aromatic rings. The highest BCUT2D eigenvalue weighted by Gasteiger charge is 2.16. The molecule has 15 heteroatoms. The molecule has 0 bridgehead atoms. The summed E-state index contributed by atoms with van der Waals surface area (Å²) in [4.78, 5) is 32.2. The lowest BCUT2D eigenvalue weighted by Gasteiger charge is -2.15. The topological polar surface area (TPSA) is 240 Å². The van der Waals surface area contributed by atoms with E-state index in [0.29, 0.717) is 6.04 Å². The van der Waals surface area contributed by atoms with Gasteiger partial charge in [0.1, 0.15) is 12.2 Å². The van der Waals surface area contributed by atoms with E-state index < -0.39 is 54.3 Å². The molecule has 27 heavy (non-hydrogen) atoms. The average molecular weight is 443 g/mol. The molecule has 1 rings (SSSR count). The number of hydrogen-bond donors (Lipinski definition) is 9. The maximum Gasteiger partial charge on any atom is 0.469 e. The summed E-state index contributed by atoms with van der Waals surface area (Å²) < 4.78 is 27.5. The molecule has 1 aliphatic carbocycles. The van der Waals surface area contributed by atoms with Crippen LogP contribution in [0.3, 0.4) is 0 Å². The molecule has 1 fully saturated rings. The fourth-order valence-corrected chi connectivity index (χ4v) is 2.34. The van der Waals surface area contributed by atoms with Crippen molar-refractivity contribution in [3.8, 4) is 0 Å². The zero-order valence-electron chi connectivity index (χ0n) is 14.8. The molecule has 0 aromatic carbocycles. The SMILES string of the molecule is NC1CCCCC1.O=P(O)(O)OCC(O)CO.O=P(O)(O)OCC(O)CO. The number of phosphoric acid groups is 2. The van der Waals surface area contributed by atoms with Gasteiger partial charge in [0.2, 0.25) is 0 Å². The van der Waals surface area contributed by atoms with Gasteiger partial charge in [0.15, 0.2) is 0 Å². The number of nitrogens with two attached hydrogens (primary N) is 1. The molecular weight excluding hydrogens is 412 g/mol. The molecule has 0 saturated heterocycles.